The summed E-state index contributed by atoms with van der Waals surface area (Å²) in [5.74, 6) is -0.973. The zero-order valence-electron chi connectivity index (χ0n) is 16.0. The Balaban J connectivity index is 1.63. The molecule has 0 atom stereocenters. The first-order valence-electron chi connectivity index (χ1n) is 9.05. The number of aromatic amines is 1. The highest BCUT2D eigenvalue weighted by molar-refractivity contribution is 7.99. The average molecular weight is 480 g/mol. The maximum Gasteiger partial charge on any atom is 0.418 e. The van der Waals surface area contributed by atoms with E-state index in [0.29, 0.717) is 10.7 Å². The number of H-pyrrole nitrogens is 1. The molecule has 2 aromatic carbocycles. The van der Waals surface area contributed by atoms with Gasteiger partial charge in [0.05, 0.1) is 28.9 Å². The van der Waals surface area contributed by atoms with Gasteiger partial charge < -0.3 is 5.32 Å². The molecule has 0 fully saturated rings. The van der Waals surface area contributed by atoms with Crippen LogP contribution in [0, 0.1) is 0 Å². The van der Waals surface area contributed by atoms with E-state index in [-0.39, 0.29) is 27.6 Å². The molecule has 4 aromatic rings. The third-order valence-electron chi connectivity index (χ3n) is 4.38. The number of alkyl halides is 3. The molecule has 164 valence electrons. The molecule has 0 saturated carbocycles. The summed E-state index contributed by atoms with van der Waals surface area (Å²) in [7, 11) is 0. The molecule has 0 aliphatic heterocycles. The SMILES string of the molecule is O=C(CSc1nc2[nH]ncc2c(=O)n1-c1ccc(Cl)cc1)Nc1ccccc1C(F)(F)F. The van der Waals surface area contributed by atoms with Gasteiger partial charge in [-0.2, -0.15) is 18.3 Å². The third kappa shape index (κ3) is 4.48. The van der Waals surface area contributed by atoms with E-state index in [9.17, 15) is 22.8 Å². The fourth-order valence-electron chi connectivity index (χ4n) is 2.94. The largest absolute Gasteiger partial charge is 0.418 e. The quantitative estimate of drug-likeness (QED) is 0.324. The number of nitrogens with zero attached hydrogens (tertiary/aromatic N) is 3. The van der Waals surface area contributed by atoms with Gasteiger partial charge in [0.2, 0.25) is 5.91 Å². The van der Waals surface area contributed by atoms with Crippen molar-refractivity contribution < 1.29 is 18.0 Å². The number of aromatic nitrogens is 4. The van der Waals surface area contributed by atoms with E-state index >= 15 is 0 Å². The molecule has 0 saturated heterocycles. The predicted octanol–water partition coefficient (Wildman–Crippen LogP) is 4.51. The highest BCUT2D eigenvalue weighted by Crippen LogP contribution is 2.34. The smallest absolute Gasteiger partial charge is 0.325 e. The van der Waals surface area contributed by atoms with E-state index in [2.05, 4.69) is 20.5 Å². The van der Waals surface area contributed by atoms with Crippen LogP contribution in [-0.4, -0.2) is 31.4 Å². The van der Waals surface area contributed by atoms with Crippen molar-refractivity contribution in [2.45, 2.75) is 11.3 Å². The lowest BCUT2D eigenvalue weighted by Gasteiger charge is -2.14. The van der Waals surface area contributed by atoms with Crippen molar-refractivity contribution in [3.63, 3.8) is 0 Å². The van der Waals surface area contributed by atoms with Crippen molar-refractivity contribution in [1.82, 2.24) is 19.7 Å². The number of carbonyl (C=O) groups excluding carboxylic acids is 1. The lowest BCUT2D eigenvalue weighted by Crippen LogP contribution is -2.23. The van der Waals surface area contributed by atoms with Gasteiger partial charge in [-0.1, -0.05) is 35.5 Å². The number of benzene rings is 2. The van der Waals surface area contributed by atoms with Crippen LogP contribution < -0.4 is 10.9 Å². The molecule has 2 heterocycles. The van der Waals surface area contributed by atoms with Crippen molar-refractivity contribution >= 4 is 46.0 Å². The first-order chi connectivity index (χ1) is 15.2. The summed E-state index contributed by atoms with van der Waals surface area (Å²) in [6.45, 7) is 0. The van der Waals surface area contributed by atoms with Crippen molar-refractivity contribution in [2.75, 3.05) is 11.1 Å². The molecule has 0 unspecified atom stereocenters. The van der Waals surface area contributed by atoms with Gasteiger partial charge in [0.15, 0.2) is 10.8 Å². The standard InChI is InChI=1S/C20H13ClF3N5O2S/c21-11-5-7-12(8-6-11)29-18(31)13-9-25-28-17(13)27-19(29)32-10-16(30)26-15-4-2-1-3-14(15)20(22,23)24/h1-9H,10H2,(H,25,28)(H,26,30). The third-order valence-corrected chi connectivity index (χ3v) is 5.57. The van der Waals surface area contributed by atoms with E-state index in [4.69, 9.17) is 11.6 Å². The summed E-state index contributed by atoms with van der Waals surface area (Å²) < 4.78 is 40.8. The number of hydrogen-bond acceptors (Lipinski definition) is 5. The van der Waals surface area contributed by atoms with Crippen molar-refractivity contribution in [2.24, 2.45) is 0 Å². The van der Waals surface area contributed by atoms with Gasteiger partial charge in [0, 0.05) is 5.02 Å². The second kappa shape index (κ2) is 8.67. The van der Waals surface area contributed by atoms with E-state index in [0.717, 1.165) is 17.8 Å². The van der Waals surface area contributed by atoms with Gasteiger partial charge >= 0.3 is 6.18 Å². The molecule has 12 heteroatoms. The molecule has 2 N–H and O–H groups in total. The highest BCUT2D eigenvalue weighted by atomic mass is 35.5. The Morgan fingerprint density at radius 2 is 1.88 bits per heavy atom. The molecule has 32 heavy (non-hydrogen) atoms. The summed E-state index contributed by atoms with van der Waals surface area (Å²) in [6.07, 6.45) is -3.27. The number of fused-ring (bicyclic) bond motifs is 1. The van der Waals surface area contributed by atoms with Crippen LogP contribution >= 0.6 is 23.4 Å². The summed E-state index contributed by atoms with van der Waals surface area (Å²) in [4.78, 5) is 29.7. The normalized spacial score (nSPS) is 11.6. The molecule has 7 nitrogen and oxygen atoms in total. The van der Waals surface area contributed by atoms with Crippen LogP contribution in [0.2, 0.25) is 5.02 Å². The molecular formula is C20H13ClF3N5O2S. The van der Waals surface area contributed by atoms with Crippen LogP contribution in [0.15, 0.2) is 64.7 Å². The number of para-hydroxylation sites is 1. The average Bonchev–Trinajstić information content (AvgIpc) is 3.22. The Labute approximate surface area is 187 Å². The first-order valence-corrected chi connectivity index (χ1v) is 10.4. The molecule has 0 aliphatic carbocycles. The summed E-state index contributed by atoms with van der Waals surface area (Å²) in [5.41, 5.74) is -1.03. The topological polar surface area (TPSA) is 92.7 Å². The van der Waals surface area contributed by atoms with E-state index in [1.54, 1.807) is 24.3 Å². The summed E-state index contributed by atoms with van der Waals surface area (Å²) >= 11 is 6.82. The van der Waals surface area contributed by atoms with Gasteiger partial charge in [0.1, 0.15) is 5.39 Å². The minimum absolute atomic E-state index is 0.160. The lowest BCUT2D eigenvalue weighted by molar-refractivity contribution is -0.137. The van der Waals surface area contributed by atoms with Crippen molar-refractivity contribution in [1.29, 1.82) is 0 Å². The monoisotopic (exact) mass is 479 g/mol. The lowest BCUT2D eigenvalue weighted by atomic mass is 10.1. The summed E-state index contributed by atoms with van der Waals surface area (Å²) in [5, 5.41) is 9.57. The predicted molar refractivity (Wildman–Crippen MR) is 115 cm³/mol. The minimum Gasteiger partial charge on any atom is -0.325 e. The number of carbonyl (C=O) groups is 1. The van der Waals surface area contributed by atoms with Crippen molar-refractivity contribution in [3.05, 3.63) is 75.7 Å². The second-order valence-corrected chi connectivity index (χ2v) is 7.90. The zero-order valence-corrected chi connectivity index (χ0v) is 17.6. The Hall–Kier alpha value is -3.31. The molecular weight excluding hydrogens is 467 g/mol. The number of rotatable bonds is 5. The fourth-order valence-corrected chi connectivity index (χ4v) is 3.88. The maximum absolute atomic E-state index is 13.2. The number of thioether (sulfide) groups is 1. The molecule has 0 spiro atoms. The van der Waals surface area contributed by atoms with Gasteiger partial charge in [-0.25, -0.2) is 4.98 Å². The first kappa shape index (κ1) is 21.9. The molecule has 0 aliphatic rings. The Bertz CT molecular complexity index is 1350. The molecule has 4 rings (SSSR count). The van der Waals surface area contributed by atoms with Gasteiger partial charge in [-0.05, 0) is 36.4 Å². The maximum atomic E-state index is 13.2. The van der Waals surface area contributed by atoms with Crippen LogP contribution in [0.25, 0.3) is 16.7 Å². The highest BCUT2D eigenvalue weighted by Gasteiger charge is 2.33. The Morgan fingerprint density at radius 1 is 1.16 bits per heavy atom. The van der Waals surface area contributed by atoms with Crippen LogP contribution in [0.1, 0.15) is 5.56 Å². The Morgan fingerprint density at radius 3 is 2.59 bits per heavy atom. The van der Waals surface area contributed by atoms with Crippen LogP contribution in [0.3, 0.4) is 0 Å². The number of hydrogen-bond donors (Lipinski definition) is 2. The van der Waals surface area contributed by atoms with E-state index in [1.807, 2.05) is 0 Å². The zero-order chi connectivity index (χ0) is 22.9. The number of anilines is 1. The van der Waals surface area contributed by atoms with Crippen molar-refractivity contribution in [3.8, 4) is 5.69 Å². The van der Waals surface area contributed by atoms with Gasteiger partial charge in [-0.15, -0.1) is 0 Å². The molecule has 1 amide bonds. The number of halogens is 4. The number of nitrogens with one attached hydrogen (secondary N) is 2. The van der Waals surface area contributed by atoms with E-state index < -0.39 is 23.2 Å². The fraction of sp³-hybridized carbons (Fsp3) is 0.100. The van der Waals surface area contributed by atoms with Gasteiger partial charge in [-0.3, -0.25) is 19.3 Å². The van der Waals surface area contributed by atoms with Crippen LogP contribution in [0.5, 0.6) is 0 Å². The van der Waals surface area contributed by atoms with Gasteiger partial charge in [0.25, 0.3) is 5.56 Å². The summed E-state index contributed by atoms with van der Waals surface area (Å²) in [6, 6.07) is 11.1. The molecule has 0 bridgehead atoms. The molecule has 2 aromatic heterocycles. The Kier molecular flexibility index (Phi) is 5.94. The number of amides is 1. The second-order valence-electron chi connectivity index (χ2n) is 6.52. The molecule has 0 radical (unpaired) electrons. The van der Waals surface area contributed by atoms with E-state index in [1.165, 1.54) is 29.0 Å². The van der Waals surface area contributed by atoms with Crippen LogP contribution in [0.4, 0.5) is 18.9 Å². The minimum atomic E-state index is -4.61. The van der Waals surface area contributed by atoms with Crippen LogP contribution in [-0.2, 0) is 11.0 Å².